The van der Waals surface area contributed by atoms with Crippen molar-refractivity contribution in [2.24, 2.45) is 11.3 Å². The van der Waals surface area contributed by atoms with E-state index in [0.717, 1.165) is 12.5 Å². The first-order valence-corrected chi connectivity index (χ1v) is 4.97. The van der Waals surface area contributed by atoms with Gasteiger partial charge in [0.15, 0.2) is 0 Å². The normalized spacial score (nSPS) is 12.5. The van der Waals surface area contributed by atoms with E-state index in [-0.39, 0.29) is 0 Å². The Morgan fingerprint density at radius 2 is 1.83 bits per heavy atom. The minimum Gasteiger partial charge on any atom is -0.384 e. The maximum atomic E-state index is 5.16. The highest BCUT2D eigenvalue weighted by molar-refractivity contribution is 4.67. The third-order valence-corrected chi connectivity index (χ3v) is 2.17. The molecule has 0 heterocycles. The molecule has 0 aliphatic heterocycles. The fourth-order valence-corrected chi connectivity index (χ4v) is 1.45. The fraction of sp³-hybridized carbons (Fsp3) is 1.00. The average molecular weight is 172 g/mol. The van der Waals surface area contributed by atoms with Crippen LogP contribution in [0.3, 0.4) is 0 Å². The highest BCUT2D eigenvalue weighted by atomic mass is 16.5. The second-order valence-electron chi connectivity index (χ2n) is 4.88. The summed E-state index contributed by atoms with van der Waals surface area (Å²) in [6.45, 7) is 9.99. The minimum atomic E-state index is 0.365. The molecule has 0 aliphatic rings. The van der Waals surface area contributed by atoms with E-state index in [9.17, 15) is 0 Å². The first kappa shape index (κ1) is 12.0. The molecule has 0 aromatic carbocycles. The third kappa shape index (κ3) is 6.66. The van der Waals surface area contributed by atoms with Gasteiger partial charge in [0.1, 0.15) is 0 Å². The fourth-order valence-electron chi connectivity index (χ4n) is 1.45. The van der Waals surface area contributed by atoms with Crippen LogP contribution in [-0.4, -0.2) is 13.7 Å². The van der Waals surface area contributed by atoms with Gasteiger partial charge in [-0.05, 0) is 17.8 Å². The average Bonchev–Trinajstić information content (AvgIpc) is 1.85. The van der Waals surface area contributed by atoms with Crippen molar-refractivity contribution in [3.8, 4) is 0 Å². The molecule has 0 aliphatic carbocycles. The molecule has 0 saturated heterocycles. The summed E-state index contributed by atoms with van der Waals surface area (Å²) in [6.07, 6.45) is 3.94. The SMILES string of the molecule is COCC(C)(C)CCCC(C)C. The molecule has 0 unspecified atom stereocenters. The van der Waals surface area contributed by atoms with E-state index >= 15 is 0 Å². The van der Waals surface area contributed by atoms with Gasteiger partial charge in [0, 0.05) is 7.11 Å². The zero-order chi connectivity index (χ0) is 9.61. The molecule has 12 heavy (non-hydrogen) atoms. The molecule has 0 aromatic heterocycles. The summed E-state index contributed by atoms with van der Waals surface area (Å²) in [7, 11) is 1.78. The van der Waals surface area contributed by atoms with Crippen LogP contribution >= 0.6 is 0 Å². The summed E-state index contributed by atoms with van der Waals surface area (Å²) >= 11 is 0. The zero-order valence-corrected chi connectivity index (χ0v) is 9.31. The van der Waals surface area contributed by atoms with Crippen molar-refractivity contribution in [3.05, 3.63) is 0 Å². The van der Waals surface area contributed by atoms with Crippen LogP contribution in [0, 0.1) is 11.3 Å². The van der Waals surface area contributed by atoms with Gasteiger partial charge in [-0.15, -0.1) is 0 Å². The topological polar surface area (TPSA) is 9.23 Å². The Labute approximate surface area is 77.5 Å². The van der Waals surface area contributed by atoms with Gasteiger partial charge in [-0.25, -0.2) is 0 Å². The molecule has 0 rings (SSSR count). The smallest absolute Gasteiger partial charge is 0.0513 e. The predicted octanol–water partition coefficient (Wildman–Crippen LogP) is 3.49. The highest BCUT2D eigenvalue weighted by Crippen LogP contribution is 2.24. The van der Waals surface area contributed by atoms with Crippen molar-refractivity contribution >= 4 is 0 Å². The Morgan fingerprint density at radius 1 is 1.25 bits per heavy atom. The van der Waals surface area contributed by atoms with Gasteiger partial charge in [-0.1, -0.05) is 40.5 Å². The number of methoxy groups -OCH3 is 1. The molecular weight excluding hydrogens is 148 g/mol. The first-order valence-electron chi connectivity index (χ1n) is 4.97. The lowest BCUT2D eigenvalue weighted by Gasteiger charge is -2.23. The van der Waals surface area contributed by atoms with Gasteiger partial charge in [-0.3, -0.25) is 0 Å². The Balaban J connectivity index is 3.46. The monoisotopic (exact) mass is 172 g/mol. The van der Waals surface area contributed by atoms with Gasteiger partial charge < -0.3 is 4.74 Å². The molecule has 0 saturated carbocycles. The van der Waals surface area contributed by atoms with E-state index in [1.807, 2.05) is 0 Å². The summed E-state index contributed by atoms with van der Waals surface area (Å²) in [5.74, 6) is 0.836. The standard InChI is InChI=1S/C11H24O/c1-10(2)7-6-8-11(3,4)9-12-5/h10H,6-9H2,1-5H3. The van der Waals surface area contributed by atoms with Crippen molar-refractivity contribution in [2.45, 2.75) is 47.0 Å². The summed E-state index contributed by atoms with van der Waals surface area (Å²) in [4.78, 5) is 0. The minimum absolute atomic E-state index is 0.365. The number of ether oxygens (including phenoxy) is 1. The summed E-state index contributed by atoms with van der Waals surface area (Å²) < 4.78 is 5.16. The van der Waals surface area contributed by atoms with Crippen LogP contribution in [0.25, 0.3) is 0 Å². The largest absolute Gasteiger partial charge is 0.384 e. The Hall–Kier alpha value is -0.0400. The third-order valence-electron chi connectivity index (χ3n) is 2.17. The molecular formula is C11H24O. The van der Waals surface area contributed by atoms with Crippen molar-refractivity contribution in [2.75, 3.05) is 13.7 Å². The Morgan fingerprint density at radius 3 is 2.25 bits per heavy atom. The predicted molar refractivity (Wildman–Crippen MR) is 54.3 cm³/mol. The lowest BCUT2D eigenvalue weighted by molar-refractivity contribution is 0.0956. The van der Waals surface area contributed by atoms with Crippen LogP contribution in [0.2, 0.25) is 0 Å². The van der Waals surface area contributed by atoms with E-state index in [2.05, 4.69) is 27.7 Å². The second kappa shape index (κ2) is 5.58. The van der Waals surface area contributed by atoms with Crippen LogP contribution in [-0.2, 0) is 4.74 Å². The van der Waals surface area contributed by atoms with Gasteiger partial charge in [0.05, 0.1) is 6.61 Å². The molecule has 0 bridgehead atoms. The molecule has 0 fully saturated rings. The second-order valence-corrected chi connectivity index (χ2v) is 4.88. The highest BCUT2D eigenvalue weighted by Gasteiger charge is 2.16. The number of hydrogen-bond acceptors (Lipinski definition) is 1. The van der Waals surface area contributed by atoms with Gasteiger partial charge in [-0.2, -0.15) is 0 Å². The molecule has 0 amide bonds. The molecule has 0 atom stereocenters. The van der Waals surface area contributed by atoms with E-state index < -0.39 is 0 Å². The van der Waals surface area contributed by atoms with Crippen molar-refractivity contribution < 1.29 is 4.74 Å². The zero-order valence-electron chi connectivity index (χ0n) is 9.31. The van der Waals surface area contributed by atoms with Gasteiger partial charge in [0.25, 0.3) is 0 Å². The Bertz CT molecular complexity index is 106. The van der Waals surface area contributed by atoms with Gasteiger partial charge in [0.2, 0.25) is 0 Å². The molecule has 1 nitrogen and oxygen atoms in total. The summed E-state index contributed by atoms with van der Waals surface area (Å²) in [6, 6.07) is 0. The van der Waals surface area contributed by atoms with Crippen molar-refractivity contribution in [1.29, 1.82) is 0 Å². The van der Waals surface area contributed by atoms with Crippen LogP contribution < -0.4 is 0 Å². The Kier molecular flexibility index (Phi) is 5.56. The van der Waals surface area contributed by atoms with E-state index in [4.69, 9.17) is 4.74 Å². The van der Waals surface area contributed by atoms with Crippen LogP contribution in [0.1, 0.15) is 47.0 Å². The van der Waals surface area contributed by atoms with Crippen LogP contribution in [0.15, 0.2) is 0 Å². The first-order chi connectivity index (χ1) is 5.48. The lowest BCUT2D eigenvalue weighted by Crippen LogP contribution is -2.18. The molecule has 0 radical (unpaired) electrons. The molecule has 74 valence electrons. The lowest BCUT2D eigenvalue weighted by atomic mass is 9.87. The quantitative estimate of drug-likeness (QED) is 0.596. The van der Waals surface area contributed by atoms with E-state index in [1.165, 1.54) is 19.3 Å². The van der Waals surface area contributed by atoms with Crippen molar-refractivity contribution in [3.63, 3.8) is 0 Å². The molecule has 0 aromatic rings. The van der Waals surface area contributed by atoms with Crippen molar-refractivity contribution in [1.82, 2.24) is 0 Å². The summed E-state index contributed by atoms with van der Waals surface area (Å²) in [5.41, 5.74) is 0.365. The number of rotatable bonds is 6. The van der Waals surface area contributed by atoms with E-state index in [0.29, 0.717) is 5.41 Å². The summed E-state index contributed by atoms with van der Waals surface area (Å²) in [5, 5.41) is 0. The molecule has 0 spiro atoms. The molecule has 0 N–H and O–H groups in total. The van der Waals surface area contributed by atoms with Crippen LogP contribution in [0.5, 0.6) is 0 Å². The molecule has 1 heteroatoms. The number of hydrogen-bond donors (Lipinski definition) is 0. The van der Waals surface area contributed by atoms with Crippen LogP contribution in [0.4, 0.5) is 0 Å². The maximum Gasteiger partial charge on any atom is 0.0513 e. The van der Waals surface area contributed by atoms with E-state index in [1.54, 1.807) is 7.11 Å². The maximum absolute atomic E-state index is 5.16. The van der Waals surface area contributed by atoms with Gasteiger partial charge >= 0.3 is 0 Å².